The summed E-state index contributed by atoms with van der Waals surface area (Å²) in [6, 6.07) is 11.4. The number of nitrogens with one attached hydrogen (secondary N) is 3. The van der Waals surface area contributed by atoms with Gasteiger partial charge in [-0.1, -0.05) is 23.7 Å². The number of carbonyl (C=O) groups is 1. The van der Waals surface area contributed by atoms with Gasteiger partial charge >= 0.3 is 6.03 Å². The molecule has 0 unspecified atom stereocenters. The number of urea groups is 1. The van der Waals surface area contributed by atoms with E-state index in [4.69, 9.17) is 11.6 Å². The Kier molecular flexibility index (Phi) is 5.63. The van der Waals surface area contributed by atoms with Crippen LogP contribution in [0.1, 0.15) is 0 Å². The molecule has 2 aromatic heterocycles. The highest BCUT2D eigenvalue weighted by Crippen LogP contribution is 2.34. The van der Waals surface area contributed by atoms with Crippen molar-refractivity contribution in [2.24, 2.45) is 0 Å². The molecule has 2 heterocycles. The molecule has 4 aromatic rings. The van der Waals surface area contributed by atoms with Crippen molar-refractivity contribution in [3.8, 4) is 16.9 Å². The Labute approximate surface area is 189 Å². The third kappa shape index (κ3) is 4.17. The van der Waals surface area contributed by atoms with Gasteiger partial charge in [-0.3, -0.25) is 4.79 Å². The summed E-state index contributed by atoms with van der Waals surface area (Å²) in [6.45, 7) is 0. The molecule has 32 heavy (non-hydrogen) atoms. The van der Waals surface area contributed by atoms with Gasteiger partial charge in [0.2, 0.25) is 0 Å². The van der Waals surface area contributed by atoms with Gasteiger partial charge in [-0.25, -0.2) is 22.3 Å². The fraction of sp³-hybridized carbons (Fsp3) is 0. The highest BCUT2D eigenvalue weighted by atomic mass is 35.5. The molecule has 0 bridgehead atoms. The average molecular weight is 494 g/mol. The number of aromatic nitrogens is 1. The fourth-order valence-electron chi connectivity index (χ4n) is 3.04. The Bertz CT molecular complexity index is 1530. The number of anilines is 1. The van der Waals surface area contributed by atoms with Crippen LogP contribution in [0.5, 0.6) is 5.75 Å². The van der Waals surface area contributed by atoms with E-state index < -0.39 is 27.4 Å². The Morgan fingerprint density at radius 2 is 1.88 bits per heavy atom. The zero-order chi connectivity index (χ0) is 23.0. The molecule has 0 spiro atoms. The summed E-state index contributed by atoms with van der Waals surface area (Å²) in [6.07, 6.45) is 0. The van der Waals surface area contributed by atoms with Crippen molar-refractivity contribution in [2.45, 2.75) is 4.21 Å². The maximum absolute atomic E-state index is 14.8. The maximum Gasteiger partial charge on any atom is 0.333 e. The number of hydrogen-bond acceptors (Lipinski definition) is 6. The van der Waals surface area contributed by atoms with Crippen LogP contribution in [0, 0.1) is 5.82 Å². The monoisotopic (exact) mass is 493 g/mol. The van der Waals surface area contributed by atoms with Crippen molar-refractivity contribution >= 4 is 55.6 Å². The molecule has 8 nitrogen and oxygen atoms in total. The lowest BCUT2D eigenvalue weighted by atomic mass is 10.0. The van der Waals surface area contributed by atoms with Gasteiger partial charge in [-0.15, -0.1) is 11.3 Å². The molecule has 0 saturated carbocycles. The lowest BCUT2D eigenvalue weighted by molar-refractivity contribution is 0.256. The van der Waals surface area contributed by atoms with Crippen LogP contribution in [0.15, 0.2) is 63.6 Å². The summed E-state index contributed by atoms with van der Waals surface area (Å²) in [4.78, 5) is 27.1. The third-order valence-electron chi connectivity index (χ3n) is 4.43. The Morgan fingerprint density at radius 1 is 1.12 bits per heavy atom. The van der Waals surface area contributed by atoms with Crippen molar-refractivity contribution < 1.29 is 22.7 Å². The summed E-state index contributed by atoms with van der Waals surface area (Å²) in [5.74, 6) is -1.30. The minimum atomic E-state index is -4.15. The zero-order valence-electron chi connectivity index (χ0n) is 15.8. The summed E-state index contributed by atoms with van der Waals surface area (Å²) >= 11 is 6.48. The van der Waals surface area contributed by atoms with E-state index in [1.54, 1.807) is 29.0 Å². The van der Waals surface area contributed by atoms with E-state index in [9.17, 15) is 27.5 Å². The van der Waals surface area contributed by atoms with Crippen LogP contribution < -0.4 is 15.6 Å². The van der Waals surface area contributed by atoms with Gasteiger partial charge in [0.25, 0.3) is 15.6 Å². The third-order valence-corrected chi connectivity index (χ3v) is 7.48. The Morgan fingerprint density at radius 3 is 2.56 bits per heavy atom. The van der Waals surface area contributed by atoms with Crippen molar-refractivity contribution in [3.05, 3.63) is 75.1 Å². The first-order chi connectivity index (χ1) is 15.2. The lowest BCUT2D eigenvalue weighted by Gasteiger charge is -2.11. The van der Waals surface area contributed by atoms with Crippen LogP contribution in [-0.4, -0.2) is 24.5 Å². The number of amides is 2. The lowest BCUT2D eigenvalue weighted by Crippen LogP contribution is -2.34. The molecule has 12 heteroatoms. The molecule has 0 aliphatic heterocycles. The molecule has 0 radical (unpaired) electrons. The molecule has 2 aromatic carbocycles. The smallest absolute Gasteiger partial charge is 0.333 e. The molecule has 0 fully saturated rings. The normalized spacial score (nSPS) is 11.4. The predicted molar refractivity (Wildman–Crippen MR) is 120 cm³/mol. The summed E-state index contributed by atoms with van der Waals surface area (Å²) in [5.41, 5.74) is -0.836. The highest BCUT2D eigenvalue weighted by Gasteiger charge is 2.21. The number of aromatic amines is 1. The van der Waals surface area contributed by atoms with E-state index in [1.165, 1.54) is 24.3 Å². The number of hydrogen-bond donors (Lipinski definition) is 4. The first kappa shape index (κ1) is 21.8. The largest absolute Gasteiger partial charge is 0.506 e. The fourth-order valence-corrected chi connectivity index (χ4v) is 5.43. The van der Waals surface area contributed by atoms with Gasteiger partial charge in [0, 0.05) is 16.6 Å². The standard InChI is InChI=1S/C20H13ClFN3O5S2/c21-15-7-8-16(31-15)32(29,30)25-20(28)23-10-5-6-11(13(22)9-10)17-18(26)12-3-1-2-4-14(12)24-19(17)27/h1-9H,(H2,23,25,28)(H2,24,26,27). The first-order valence-corrected chi connectivity index (χ1v) is 11.6. The molecule has 0 aliphatic rings. The number of halogens is 2. The number of fused-ring (bicyclic) bond motifs is 1. The molecule has 0 atom stereocenters. The van der Waals surface area contributed by atoms with Crippen molar-refractivity contribution in [3.63, 3.8) is 0 Å². The van der Waals surface area contributed by atoms with Crippen LogP contribution in [0.3, 0.4) is 0 Å². The van der Waals surface area contributed by atoms with Crippen LogP contribution >= 0.6 is 22.9 Å². The van der Waals surface area contributed by atoms with Crippen molar-refractivity contribution in [1.29, 1.82) is 0 Å². The minimum Gasteiger partial charge on any atom is -0.506 e. The zero-order valence-corrected chi connectivity index (χ0v) is 18.2. The molecular weight excluding hydrogens is 481 g/mol. The van der Waals surface area contributed by atoms with Crippen molar-refractivity contribution in [2.75, 3.05) is 5.32 Å². The van der Waals surface area contributed by atoms with E-state index in [2.05, 4.69) is 10.3 Å². The second kappa shape index (κ2) is 8.26. The van der Waals surface area contributed by atoms with E-state index in [0.717, 1.165) is 17.4 Å². The number of thiophene rings is 1. The topological polar surface area (TPSA) is 128 Å². The van der Waals surface area contributed by atoms with Gasteiger partial charge in [0.05, 0.1) is 15.4 Å². The molecule has 0 aliphatic carbocycles. The van der Waals surface area contributed by atoms with Crippen LogP contribution in [0.4, 0.5) is 14.9 Å². The first-order valence-electron chi connectivity index (χ1n) is 8.89. The molecular formula is C20H13ClFN3O5S2. The molecule has 0 saturated heterocycles. The predicted octanol–water partition coefficient (Wildman–Crippen LogP) is 4.27. The highest BCUT2D eigenvalue weighted by molar-refractivity contribution is 7.92. The second-order valence-electron chi connectivity index (χ2n) is 6.54. The number of para-hydroxylation sites is 1. The summed E-state index contributed by atoms with van der Waals surface area (Å²) < 4.78 is 41.0. The second-order valence-corrected chi connectivity index (χ2v) is 10.2. The van der Waals surface area contributed by atoms with Crippen LogP contribution in [0.25, 0.3) is 22.0 Å². The number of sulfonamides is 1. The number of aromatic hydroxyl groups is 1. The molecule has 4 rings (SSSR count). The maximum atomic E-state index is 14.8. The van der Waals surface area contributed by atoms with Gasteiger partial charge in [-0.2, -0.15) is 0 Å². The molecule has 164 valence electrons. The van der Waals surface area contributed by atoms with E-state index >= 15 is 0 Å². The molecule has 2 amide bonds. The summed E-state index contributed by atoms with van der Waals surface area (Å²) in [5, 5.41) is 13.1. The number of rotatable bonds is 4. The van der Waals surface area contributed by atoms with Gasteiger partial charge < -0.3 is 15.4 Å². The molecule has 4 N–H and O–H groups in total. The Hall–Kier alpha value is -3.41. The number of H-pyrrole nitrogens is 1. The van der Waals surface area contributed by atoms with Crippen molar-refractivity contribution in [1.82, 2.24) is 9.71 Å². The van der Waals surface area contributed by atoms with Gasteiger partial charge in [-0.05, 0) is 42.5 Å². The van der Waals surface area contributed by atoms with Crippen LogP contribution in [-0.2, 0) is 10.0 Å². The van der Waals surface area contributed by atoms with Crippen LogP contribution in [0.2, 0.25) is 4.34 Å². The quantitative estimate of drug-likeness (QED) is 0.337. The summed E-state index contributed by atoms with van der Waals surface area (Å²) in [7, 11) is -4.15. The average Bonchev–Trinajstić information content (AvgIpc) is 3.16. The van der Waals surface area contributed by atoms with E-state index in [-0.39, 0.29) is 31.1 Å². The van der Waals surface area contributed by atoms with Gasteiger partial charge in [0.1, 0.15) is 15.8 Å². The van der Waals surface area contributed by atoms with E-state index in [0.29, 0.717) is 10.9 Å². The number of pyridine rings is 1. The Balaban J connectivity index is 1.60. The number of benzene rings is 2. The SMILES string of the molecule is O=C(Nc1ccc(-c2c(O)c3ccccc3[nH]c2=O)c(F)c1)NS(=O)(=O)c1ccc(Cl)s1. The number of carbonyl (C=O) groups excluding carboxylic acids is 1. The minimum absolute atomic E-state index is 0.0696. The van der Waals surface area contributed by atoms with E-state index in [1.807, 2.05) is 0 Å². The van der Waals surface area contributed by atoms with Gasteiger partial charge in [0.15, 0.2) is 0 Å².